The highest BCUT2D eigenvalue weighted by molar-refractivity contribution is 7.15. The van der Waals surface area contributed by atoms with Crippen molar-refractivity contribution >= 4 is 56.4 Å². The van der Waals surface area contributed by atoms with E-state index in [1.165, 1.54) is 22.7 Å². The van der Waals surface area contributed by atoms with Crippen molar-refractivity contribution in [2.75, 3.05) is 10.6 Å². The number of hydrogen-bond donors (Lipinski definition) is 2. The summed E-state index contributed by atoms with van der Waals surface area (Å²) in [6.07, 6.45) is 2.50. The van der Waals surface area contributed by atoms with Crippen LogP contribution in [0.3, 0.4) is 0 Å². The molecule has 0 fully saturated rings. The predicted molar refractivity (Wildman–Crippen MR) is 130 cm³/mol. The highest BCUT2D eigenvalue weighted by atomic mass is 35.5. The van der Waals surface area contributed by atoms with E-state index in [1.54, 1.807) is 35.8 Å². The normalized spacial score (nSPS) is 10.7. The number of aromatic nitrogens is 2. The minimum Gasteiger partial charge on any atom is -0.302 e. The maximum atomic E-state index is 12.4. The number of halogens is 1. The molecule has 162 valence electrons. The van der Waals surface area contributed by atoms with Crippen LogP contribution >= 0.6 is 34.3 Å². The Morgan fingerprint density at radius 2 is 1.84 bits per heavy atom. The highest BCUT2D eigenvalue weighted by Crippen LogP contribution is 2.27. The van der Waals surface area contributed by atoms with Crippen LogP contribution in [0.4, 0.5) is 10.3 Å². The van der Waals surface area contributed by atoms with Gasteiger partial charge in [0.05, 0.1) is 12.1 Å². The van der Waals surface area contributed by atoms with E-state index in [0.717, 1.165) is 21.0 Å². The van der Waals surface area contributed by atoms with Gasteiger partial charge in [-0.25, -0.2) is 9.97 Å². The van der Waals surface area contributed by atoms with Crippen molar-refractivity contribution in [1.82, 2.24) is 9.97 Å². The lowest BCUT2D eigenvalue weighted by Gasteiger charge is -2.04. The molecule has 4 rings (SSSR count). The van der Waals surface area contributed by atoms with Gasteiger partial charge < -0.3 is 5.32 Å². The van der Waals surface area contributed by atoms with E-state index >= 15 is 0 Å². The van der Waals surface area contributed by atoms with E-state index in [4.69, 9.17) is 11.6 Å². The Morgan fingerprint density at radius 3 is 2.66 bits per heavy atom. The predicted octanol–water partition coefficient (Wildman–Crippen LogP) is 5.59. The zero-order valence-corrected chi connectivity index (χ0v) is 19.5. The lowest BCUT2D eigenvalue weighted by atomic mass is 10.1. The number of nitrogens with one attached hydrogen (secondary N) is 2. The summed E-state index contributed by atoms with van der Waals surface area (Å²) in [5.74, 6) is -0.453. The van der Waals surface area contributed by atoms with E-state index in [1.807, 2.05) is 31.2 Å². The van der Waals surface area contributed by atoms with Crippen LogP contribution in [0, 0.1) is 6.92 Å². The molecule has 0 aliphatic rings. The summed E-state index contributed by atoms with van der Waals surface area (Å²) in [6, 6.07) is 14.8. The Bertz CT molecular complexity index is 1250. The number of thiazole rings is 2. The summed E-state index contributed by atoms with van der Waals surface area (Å²) in [5, 5.41) is 9.06. The first-order valence-corrected chi connectivity index (χ1v) is 11.8. The summed E-state index contributed by atoms with van der Waals surface area (Å²) in [7, 11) is 0. The topological polar surface area (TPSA) is 84.0 Å². The van der Waals surface area contributed by atoms with Gasteiger partial charge >= 0.3 is 0 Å². The molecule has 0 atom stereocenters. The lowest BCUT2D eigenvalue weighted by molar-refractivity contribution is -0.115. The molecule has 0 bridgehead atoms. The van der Waals surface area contributed by atoms with Gasteiger partial charge in [0.25, 0.3) is 5.91 Å². The molecule has 2 aromatic heterocycles. The molecule has 2 aromatic carbocycles. The lowest BCUT2D eigenvalue weighted by Crippen LogP contribution is -2.15. The van der Waals surface area contributed by atoms with Crippen molar-refractivity contribution in [1.29, 1.82) is 0 Å². The summed E-state index contributed by atoms with van der Waals surface area (Å²) in [4.78, 5) is 34.3. The first-order valence-electron chi connectivity index (χ1n) is 9.77. The number of rotatable bonds is 7. The third kappa shape index (κ3) is 5.59. The molecule has 2 amide bonds. The molecule has 4 aromatic rings. The molecule has 9 heteroatoms. The quantitative estimate of drug-likeness (QED) is 0.360. The van der Waals surface area contributed by atoms with Crippen molar-refractivity contribution in [3.63, 3.8) is 0 Å². The van der Waals surface area contributed by atoms with Crippen LogP contribution in [-0.4, -0.2) is 21.8 Å². The molecular formula is C23H19ClN4O2S2. The summed E-state index contributed by atoms with van der Waals surface area (Å²) >= 11 is 9.07. The zero-order chi connectivity index (χ0) is 22.5. The maximum absolute atomic E-state index is 12.4. The van der Waals surface area contributed by atoms with Gasteiger partial charge in [0.1, 0.15) is 0 Å². The van der Waals surface area contributed by atoms with Gasteiger partial charge in [-0.15, -0.1) is 22.7 Å². The highest BCUT2D eigenvalue weighted by Gasteiger charge is 2.13. The monoisotopic (exact) mass is 482 g/mol. The summed E-state index contributed by atoms with van der Waals surface area (Å²) in [6.45, 7) is 1.97. The molecule has 0 saturated carbocycles. The van der Waals surface area contributed by atoms with Crippen molar-refractivity contribution in [2.45, 2.75) is 19.8 Å². The number of amides is 2. The fraction of sp³-hybridized carbons (Fsp3) is 0.130. The number of hydrogen-bond acceptors (Lipinski definition) is 6. The summed E-state index contributed by atoms with van der Waals surface area (Å²) < 4.78 is 0. The number of nitrogens with zero attached hydrogens (tertiary/aromatic N) is 2. The fourth-order valence-corrected chi connectivity index (χ4v) is 4.76. The van der Waals surface area contributed by atoms with Gasteiger partial charge in [-0.05, 0) is 30.2 Å². The van der Waals surface area contributed by atoms with Gasteiger partial charge in [0.15, 0.2) is 10.3 Å². The van der Waals surface area contributed by atoms with Crippen molar-refractivity contribution < 1.29 is 9.59 Å². The van der Waals surface area contributed by atoms with Crippen LogP contribution in [0.1, 0.15) is 32.1 Å². The number of carbonyl (C=O) groups is 2. The van der Waals surface area contributed by atoms with Crippen molar-refractivity contribution in [3.8, 4) is 0 Å². The molecule has 0 aliphatic carbocycles. The standard InChI is InChI=1S/C23H19ClN4O2S2/c1-14-6-5-9-16(20(14)24)10-18-12-25-22(32-18)27-19(29)11-17-13-31-23(26-17)28-21(30)15-7-3-2-4-8-15/h2-9,12-13H,10-11H2,1H3,(H,25,27,29)(H,26,28,30). The van der Waals surface area contributed by atoms with Crippen LogP contribution < -0.4 is 10.6 Å². The smallest absolute Gasteiger partial charge is 0.257 e. The van der Waals surface area contributed by atoms with E-state index < -0.39 is 0 Å². The van der Waals surface area contributed by atoms with Gasteiger partial charge in [0.2, 0.25) is 5.91 Å². The molecule has 2 N–H and O–H groups in total. The van der Waals surface area contributed by atoms with E-state index in [9.17, 15) is 9.59 Å². The minimum absolute atomic E-state index is 0.0936. The number of benzene rings is 2. The fourth-order valence-electron chi connectivity index (χ4n) is 3.01. The second kappa shape index (κ2) is 10.0. The first-order chi connectivity index (χ1) is 15.5. The number of aryl methyl sites for hydroxylation is 1. The largest absolute Gasteiger partial charge is 0.302 e. The average molecular weight is 483 g/mol. The molecule has 2 heterocycles. The second-order valence-corrected chi connectivity index (χ2v) is 9.40. The Morgan fingerprint density at radius 1 is 1.03 bits per heavy atom. The van der Waals surface area contributed by atoms with E-state index in [-0.39, 0.29) is 18.2 Å². The second-order valence-electron chi connectivity index (χ2n) is 7.05. The summed E-state index contributed by atoms with van der Waals surface area (Å²) in [5.41, 5.74) is 3.19. The van der Waals surface area contributed by atoms with Gasteiger partial charge in [0, 0.05) is 33.5 Å². The van der Waals surface area contributed by atoms with E-state index in [0.29, 0.717) is 27.9 Å². The molecule has 0 unspecified atom stereocenters. The molecular weight excluding hydrogens is 464 g/mol. The van der Waals surface area contributed by atoms with Gasteiger partial charge in [-0.1, -0.05) is 48.0 Å². The Labute approximate surface area is 198 Å². The Balaban J connectivity index is 1.32. The van der Waals surface area contributed by atoms with Crippen LogP contribution in [-0.2, 0) is 17.6 Å². The number of carbonyl (C=O) groups excluding carboxylic acids is 2. The Kier molecular flexibility index (Phi) is 6.94. The molecule has 0 aliphatic heterocycles. The molecule has 6 nitrogen and oxygen atoms in total. The van der Waals surface area contributed by atoms with Crippen LogP contribution in [0.5, 0.6) is 0 Å². The van der Waals surface area contributed by atoms with Crippen LogP contribution in [0.15, 0.2) is 60.1 Å². The Hall–Kier alpha value is -3.07. The van der Waals surface area contributed by atoms with Crippen molar-refractivity contribution in [2.24, 2.45) is 0 Å². The average Bonchev–Trinajstić information content (AvgIpc) is 3.41. The third-order valence-corrected chi connectivity index (χ3v) is 6.85. The van der Waals surface area contributed by atoms with Crippen LogP contribution in [0.2, 0.25) is 5.02 Å². The molecule has 0 spiro atoms. The van der Waals surface area contributed by atoms with Crippen molar-refractivity contribution in [3.05, 3.63) is 92.4 Å². The van der Waals surface area contributed by atoms with Crippen LogP contribution in [0.25, 0.3) is 0 Å². The number of anilines is 2. The molecule has 32 heavy (non-hydrogen) atoms. The SMILES string of the molecule is Cc1cccc(Cc2cnc(NC(=O)Cc3csc(NC(=O)c4ccccc4)n3)s2)c1Cl. The molecule has 0 saturated heterocycles. The maximum Gasteiger partial charge on any atom is 0.257 e. The van der Waals surface area contributed by atoms with E-state index in [2.05, 4.69) is 20.6 Å². The minimum atomic E-state index is -0.236. The first kappa shape index (κ1) is 22.1. The molecule has 0 radical (unpaired) electrons. The van der Waals surface area contributed by atoms with Gasteiger partial charge in [-0.3, -0.25) is 14.9 Å². The third-order valence-electron chi connectivity index (χ3n) is 4.59. The van der Waals surface area contributed by atoms with Gasteiger partial charge in [-0.2, -0.15) is 0 Å². The zero-order valence-electron chi connectivity index (χ0n) is 17.1.